The normalized spacial score (nSPS) is 13.8. The van der Waals surface area contributed by atoms with Crippen LogP contribution in [0.4, 0.5) is 4.39 Å². The zero-order chi connectivity index (χ0) is 23.9. The number of halogens is 2. The second-order valence-corrected chi connectivity index (χ2v) is 8.41. The predicted molar refractivity (Wildman–Crippen MR) is 130 cm³/mol. The molecular formula is C25H29ClFN5O3. The van der Waals surface area contributed by atoms with E-state index in [2.05, 4.69) is 15.0 Å². The molecule has 35 heavy (non-hydrogen) atoms. The maximum absolute atomic E-state index is 13.1. The summed E-state index contributed by atoms with van der Waals surface area (Å²) in [5, 5.41) is 4.04. The number of aromatic nitrogens is 2. The van der Waals surface area contributed by atoms with E-state index in [0.29, 0.717) is 69.4 Å². The molecule has 0 aliphatic carbocycles. The van der Waals surface area contributed by atoms with Gasteiger partial charge in [-0.1, -0.05) is 35.5 Å². The number of hydrogen-bond donors (Lipinski definition) is 0. The summed E-state index contributed by atoms with van der Waals surface area (Å²) in [6.07, 6.45) is 0.694. The lowest BCUT2D eigenvalue weighted by atomic mass is 10.2. The van der Waals surface area contributed by atoms with Crippen LogP contribution in [0.25, 0.3) is 0 Å². The van der Waals surface area contributed by atoms with E-state index < -0.39 is 0 Å². The molecule has 0 saturated carbocycles. The maximum Gasteiger partial charge on any atom is 0.253 e. The van der Waals surface area contributed by atoms with Crippen molar-refractivity contribution in [3.63, 3.8) is 0 Å². The highest BCUT2D eigenvalue weighted by atomic mass is 35.5. The van der Waals surface area contributed by atoms with Gasteiger partial charge in [-0.25, -0.2) is 4.39 Å². The van der Waals surface area contributed by atoms with Crippen LogP contribution in [0.3, 0.4) is 0 Å². The van der Waals surface area contributed by atoms with Gasteiger partial charge >= 0.3 is 0 Å². The van der Waals surface area contributed by atoms with Gasteiger partial charge in [0.2, 0.25) is 11.8 Å². The fourth-order valence-electron chi connectivity index (χ4n) is 3.89. The zero-order valence-corrected chi connectivity index (χ0v) is 20.4. The topological polar surface area (TPSA) is 82.8 Å². The molecule has 186 valence electrons. The van der Waals surface area contributed by atoms with Crippen LogP contribution in [0, 0.1) is 5.82 Å². The van der Waals surface area contributed by atoms with Gasteiger partial charge in [0.15, 0.2) is 5.82 Å². The van der Waals surface area contributed by atoms with E-state index in [0.717, 1.165) is 5.56 Å². The van der Waals surface area contributed by atoms with E-state index in [-0.39, 0.29) is 30.0 Å². The van der Waals surface area contributed by atoms with E-state index in [1.807, 2.05) is 30.3 Å². The van der Waals surface area contributed by atoms with E-state index >= 15 is 0 Å². The van der Waals surface area contributed by atoms with Crippen molar-refractivity contribution in [3.8, 4) is 0 Å². The minimum atomic E-state index is -0.357. The standard InChI is InChI=1S/C25H28FN5O3.ClH/c1-29(17-19-5-3-2-4-6-19)24(32)12-11-23-27-22(28-34-23)18-30-13-15-31(16-14-30)25(33)20-7-9-21(26)10-8-20;/h2-10H,11-18H2,1H3;1H. The van der Waals surface area contributed by atoms with Crippen LogP contribution in [-0.2, 0) is 24.3 Å². The molecule has 4 rings (SSSR count). The Labute approximate surface area is 210 Å². The van der Waals surface area contributed by atoms with Gasteiger partial charge in [0.25, 0.3) is 5.91 Å². The minimum Gasteiger partial charge on any atom is -0.341 e. The number of aryl methyl sites for hydroxylation is 1. The molecular weight excluding hydrogens is 473 g/mol. The van der Waals surface area contributed by atoms with Crippen molar-refractivity contribution in [2.75, 3.05) is 33.2 Å². The molecule has 8 nitrogen and oxygen atoms in total. The first-order valence-electron chi connectivity index (χ1n) is 11.3. The Balaban J connectivity index is 0.00000342. The summed E-state index contributed by atoms with van der Waals surface area (Å²) in [5.41, 5.74) is 1.57. The van der Waals surface area contributed by atoms with Gasteiger partial charge in [0, 0.05) is 58.2 Å². The third-order valence-corrected chi connectivity index (χ3v) is 5.87. The van der Waals surface area contributed by atoms with Crippen molar-refractivity contribution in [2.45, 2.75) is 25.9 Å². The molecule has 2 aromatic carbocycles. The number of hydrogen-bond acceptors (Lipinski definition) is 6. The molecule has 0 spiro atoms. The molecule has 1 saturated heterocycles. The summed E-state index contributed by atoms with van der Waals surface area (Å²) in [6, 6.07) is 15.5. The first-order chi connectivity index (χ1) is 16.5. The number of carbonyl (C=O) groups is 2. The molecule has 1 fully saturated rings. The summed E-state index contributed by atoms with van der Waals surface area (Å²) in [6.45, 7) is 3.58. The number of nitrogens with zero attached hydrogens (tertiary/aromatic N) is 5. The van der Waals surface area contributed by atoms with Crippen molar-refractivity contribution in [3.05, 3.63) is 83.3 Å². The quantitative estimate of drug-likeness (QED) is 0.471. The highest BCUT2D eigenvalue weighted by molar-refractivity contribution is 5.94. The Hall–Kier alpha value is -3.30. The molecule has 0 unspecified atom stereocenters. The zero-order valence-electron chi connectivity index (χ0n) is 19.6. The van der Waals surface area contributed by atoms with Gasteiger partial charge in [-0.2, -0.15) is 4.98 Å². The second-order valence-electron chi connectivity index (χ2n) is 8.41. The molecule has 1 aliphatic heterocycles. The summed E-state index contributed by atoms with van der Waals surface area (Å²) in [7, 11) is 1.79. The Kier molecular flexibility index (Phi) is 9.33. The fourth-order valence-corrected chi connectivity index (χ4v) is 3.89. The van der Waals surface area contributed by atoms with Gasteiger partial charge in [-0.05, 0) is 29.8 Å². The first kappa shape index (κ1) is 26.3. The maximum atomic E-state index is 13.1. The van der Waals surface area contributed by atoms with Crippen LogP contribution in [0.5, 0.6) is 0 Å². The monoisotopic (exact) mass is 501 g/mol. The van der Waals surface area contributed by atoms with Gasteiger partial charge in [-0.3, -0.25) is 14.5 Å². The largest absolute Gasteiger partial charge is 0.341 e. The van der Waals surface area contributed by atoms with Crippen LogP contribution in [0.1, 0.15) is 34.1 Å². The molecule has 10 heteroatoms. The molecule has 2 amide bonds. The molecule has 2 heterocycles. The van der Waals surface area contributed by atoms with Crippen molar-refractivity contribution in [2.24, 2.45) is 0 Å². The van der Waals surface area contributed by atoms with E-state index in [9.17, 15) is 14.0 Å². The summed E-state index contributed by atoms with van der Waals surface area (Å²) in [4.78, 5) is 35.0. The van der Waals surface area contributed by atoms with E-state index in [4.69, 9.17) is 4.52 Å². The van der Waals surface area contributed by atoms with Gasteiger partial charge < -0.3 is 14.3 Å². The number of amides is 2. The van der Waals surface area contributed by atoms with E-state index in [1.54, 1.807) is 16.8 Å². The smallest absolute Gasteiger partial charge is 0.253 e. The van der Waals surface area contributed by atoms with Crippen LogP contribution in [-0.4, -0.2) is 69.9 Å². The van der Waals surface area contributed by atoms with Gasteiger partial charge in [-0.15, -0.1) is 12.4 Å². The highest BCUT2D eigenvalue weighted by Gasteiger charge is 2.23. The Morgan fingerprint density at radius 1 is 1.03 bits per heavy atom. The Morgan fingerprint density at radius 2 is 1.71 bits per heavy atom. The van der Waals surface area contributed by atoms with Crippen molar-refractivity contribution < 1.29 is 18.5 Å². The predicted octanol–water partition coefficient (Wildman–Crippen LogP) is 3.18. The molecule has 0 bridgehead atoms. The number of benzene rings is 2. The lowest BCUT2D eigenvalue weighted by Crippen LogP contribution is -2.48. The van der Waals surface area contributed by atoms with Crippen LogP contribution in [0.15, 0.2) is 59.1 Å². The molecule has 0 N–H and O–H groups in total. The fraction of sp³-hybridized carbons (Fsp3) is 0.360. The summed E-state index contributed by atoms with van der Waals surface area (Å²) in [5.74, 6) is 0.582. The SMILES string of the molecule is CN(Cc1ccccc1)C(=O)CCc1nc(CN2CCN(C(=O)c3ccc(F)cc3)CC2)no1.Cl. The van der Waals surface area contributed by atoms with Crippen molar-refractivity contribution in [1.82, 2.24) is 24.8 Å². The van der Waals surface area contributed by atoms with Crippen LogP contribution >= 0.6 is 12.4 Å². The Bertz CT molecular complexity index is 1100. The van der Waals surface area contributed by atoms with Crippen LogP contribution in [0.2, 0.25) is 0 Å². The third-order valence-electron chi connectivity index (χ3n) is 5.87. The first-order valence-corrected chi connectivity index (χ1v) is 11.3. The molecule has 3 aromatic rings. The highest BCUT2D eigenvalue weighted by Crippen LogP contribution is 2.12. The van der Waals surface area contributed by atoms with E-state index in [1.165, 1.54) is 24.3 Å². The Morgan fingerprint density at radius 3 is 2.40 bits per heavy atom. The van der Waals surface area contributed by atoms with Gasteiger partial charge in [0.05, 0.1) is 6.54 Å². The lowest BCUT2D eigenvalue weighted by Gasteiger charge is -2.34. The number of piperazine rings is 1. The molecule has 1 aromatic heterocycles. The molecule has 0 radical (unpaired) electrons. The molecule has 1 aliphatic rings. The number of rotatable bonds is 8. The van der Waals surface area contributed by atoms with Crippen LogP contribution < -0.4 is 0 Å². The third kappa shape index (κ3) is 7.34. The average molecular weight is 502 g/mol. The average Bonchev–Trinajstić information content (AvgIpc) is 3.31. The van der Waals surface area contributed by atoms with Crippen molar-refractivity contribution in [1.29, 1.82) is 0 Å². The summed E-state index contributed by atoms with van der Waals surface area (Å²) >= 11 is 0. The van der Waals surface area contributed by atoms with Gasteiger partial charge in [0.1, 0.15) is 5.82 Å². The van der Waals surface area contributed by atoms with Crippen molar-refractivity contribution >= 4 is 24.2 Å². The summed E-state index contributed by atoms with van der Waals surface area (Å²) < 4.78 is 18.4. The molecule has 0 atom stereocenters. The lowest BCUT2D eigenvalue weighted by molar-refractivity contribution is -0.130. The minimum absolute atomic E-state index is 0. The number of carbonyl (C=O) groups excluding carboxylic acids is 2. The second kappa shape index (κ2) is 12.4.